The minimum atomic E-state index is 0.393. The van der Waals surface area contributed by atoms with Crippen LogP contribution in [0.3, 0.4) is 0 Å². The van der Waals surface area contributed by atoms with Crippen molar-refractivity contribution in [1.29, 1.82) is 0 Å². The average Bonchev–Trinajstić information content (AvgIpc) is 2.65. The Balaban J connectivity index is 2.31. The maximum Gasteiger partial charge on any atom is 0.134 e. The molecule has 1 aliphatic heterocycles. The maximum absolute atomic E-state index is 5.99. The number of furan rings is 1. The number of nitrogen functional groups attached to an aromatic ring is 1. The molecule has 90 valence electrons. The summed E-state index contributed by atoms with van der Waals surface area (Å²) in [4.78, 5) is 2.37. The molecule has 0 spiro atoms. The van der Waals surface area contributed by atoms with Gasteiger partial charge in [0.2, 0.25) is 0 Å². The summed E-state index contributed by atoms with van der Waals surface area (Å²) in [7, 11) is 2.16. The number of nitrogens with zero attached hydrogens (tertiary/aromatic N) is 1. The molecule has 3 heteroatoms. The lowest BCUT2D eigenvalue weighted by Crippen LogP contribution is -2.31. The van der Waals surface area contributed by atoms with Crippen LogP contribution in [0.5, 0.6) is 0 Å². The minimum Gasteiger partial charge on any atom is -0.460 e. The van der Waals surface area contributed by atoms with Gasteiger partial charge in [-0.3, -0.25) is 4.90 Å². The monoisotopic (exact) mass is 230 g/mol. The van der Waals surface area contributed by atoms with Gasteiger partial charge in [-0.2, -0.15) is 0 Å². The summed E-state index contributed by atoms with van der Waals surface area (Å²) in [5.41, 5.74) is 8.95. The topological polar surface area (TPSA) is 42.4 Å². The van der Waals surface area contributed by atoms with E-state index >= 15 is 0 Å². The SMILES string of the molecule is C[C@@H]1CN(C)[C@@H](C)c2c1oc1ccc(N)cc21. The minimum absolute atomic E-state index is 0.393. The Hall–Kier alpha value is -1.48. The number of likely N-dealkylation sites (N-methyl/N-ethyl adjacent to an activating group) is 1. The number of rotatable bonds is 0. The van der Waals surface area contributed by atoms with E-state index in [2.05, 4.69) is 25.8 Å². The molecule has 2 heterocycles. The van der Waals surface area contributed by atoms with E-state index < -0.39 is 0 Å². The number of benzene rings is 1. The highest BCUT2D eigenvalue weighted by atomic mass is 16.3. The fourth-order valence-corrected chi connectivity index (χ4v) is 2.84. The highest BCUT2D eigenvalue weighted by Crippen LogP contribution is 2.41. The largest absolute Gasteiger partial charge is 0.460 e. The van der Waals surface area contributed by atoms with Crippen LogP contribution in [0, 0.1) is 0 Å². The lowest BCUT2D eigenvalue weighted by molar-refractivity contribution is 0.215. The van der Waals surface area contributed by atoms with Crippen molar-refractivity contribution < 1.29 is 4.42 Å². The Morgan fingerprint density at radius 3 is 2.88 bits per heavy atom. The van der Waals surface area contributed by atoms with Crippen molar-refractivity contribution in [2.24, 2.45) is 0 Å². The van der Waals surface area contributed by atoms with Crippen LogP contribution in [0.4, 0.5) is 5.69 Å². The predicted octanol–water partition coefficient (Wildman–Crippen LogP) is 3.12. The van der Waals surface area contributed by atoms with E-state index in [9.17, 15) is 0 Å². The van der Waals surface area contributed by atoms with Crippen LogP contribution in [0.25, 0.3) is 11.0 Å². The Labute approximate surface area is 101 Å². The summed E-state index contributed by atoms with van der Waals surface area (Å²) in [6, 6.07) is 6.29. The first kappa shape index (κ1) is 10.7. The molecule has 2 atom stereocenters. The van der Waals surface area contributed by atoms with Gasteiger partial charge in [0.15, 0.2) is 0 Å². The summed E-state index contributed by atoms with van der Waals surface area (Å²) in [6.07, 6.45) is 0. The van der Waals surface area contributed by atoms with Gasteiger partial charge in [0, 0.05) is 35.1 Å². The molecule has 2 N–H and O–H groups in total. The molecular weight excluding hydrogens is 212 g/mol. The van der Waals surface area contributed by atoms with E-state index in [1.165, 1.54) is 10.9 Å². The van der Waals surface area contributed by atoms with Crippen molar-refractivity contribution in [1.82, 2.24) is 4.90 Å². The quantitative estimate of drug-likeness (QED) is 0.707. The van der Waals surface area contributed by atoms with E-state index in [1.54, 1.807) is 0 Å². The fourth-order valence-electron chi connectivity index (χ4n) is 2.84. The second kappa shape index (κ2) is 3.50. The van der Waals surface area contributed by atoms with E-state index in [0.717, 1.165) is 23.6 Å². The second-order valence-electron chi connectivity index (χ2n) is 5.15. The van der Waals surface area contributed by atoms with Crippen molar-refractivity contribution in [3.8, 4) is 0 Å². The molecule has 17 heavy (non-hydrogen) atoms. The lowest BCUT2D eigenvalue weighted by Gasteiger charge is -2.32. The molecule has 1 aromatic carbocycles. The highest BCUT2D eigenvalue weighted by molar-refractivity contribution is 5.86. The zero-order valence-corrected chi connectivity index (χ0v) is 10.5. The van der Waals surface area contributed by atoms with Gasteiger partial charge in [-0.05, 0) is 32.2 Å². The van der Waals surface area contributed by atoms with Gasteiger partial charge in [0.25, 0.3) is 0 Å². The van der Waals surface area contributed by atoms with Gasteiger partial charge in [-0.15, -0.1) is 0 Å². The molecule has 2 aromatic rings. The van der Waals surface area contributed by atoms with E-state index in [1.807, 2.05) is 18.2 Å². The molecular formula is C14H18N2O. The van der Waals surface area contributed by atoms with Gasteiger partial charge < -0.3 is 10.2 Å². The molecule has 0 fully saturated rings. The molecule has 0 saturated carbocycles. The normalized spacial score (nSPS) is 25.1. The van der Waals surface area contributed by atoms with Crippen molar-refractivity contribution in [3.05, 3.63) is 29.5 Å². The number of anilines is 1. The second-order valence-corrected chi connectivity index (χ2v) is 5.15. The van der Waals surface area contributed by atoms with Gasteiger partial charge in [0.05, 0.1) is 0 Å². The van der Waals surface area contributed by atoms with E-state index in [4.69, 9.17) is 10.2 Å². The van der Waals surface area contributed by atoms with Crippen molar-refractivity contribution in [3.63, 3.8) is 0 Å². The molecule has 0 bridgehead atoms. The van der Waals surface area contributed by atoms with Crippen LogP contribution in [0.15, 0.2) is 22.6 Å². The molecule has 0 amide bonds. The third-order valence-electron chi connectivity index (χ3n) is 3.87. The third kappa shape index (κ3) is 1.46. The Kier molecular flexibility index (Phi) is 2.20. The van der Waals surface area contributed by atoms with Gasteiger partial charge in [0.1, 0.15) is 11.3 Å². The average molecular weight is 230 g/mol. The zero-order chi connectivity index (χ0) is 12.2. The zero-order valence-electron chi connectivity index (χ0n) is 10.5. The van der Waals surface area contributed by atoms with Crippen molar-refractivity contribution in [2.75, 3.05) is 19.3 Å². The van der Waals surface area contributed by atoms with Crippen LogP contribution in [0.2, 0.25) is 0 Å². The highest BCUT2D eigenvalue weighted by Gasteiger charge is 2.31. The molecule has 1 aliphatic rings. The number of nitrogens with two attached hydrogens (primary N) is 1. The Morgan fingerprint density at radius 1 is 1.35 bits per heavy atom. The van der Waals surface area contributed by atoms with E-state index in [0.29, 0.717) is 12.0 Å². The molecule has 0 saturated heterocycles. The number of fused-ring (bicyclic) bond motifs is 3. The summed E-state index contributed by atoms with van der Waals surface area (Å²) >= 11 is 0. The molecule has 3 rings (SSSR count). The smallest absolute Gasteiger partial charge is 0.134 e. The number of hydrogen-bond acceptors (Lipinski definition) is 3. The van der Waals surface area contributed by atoms with Crippen LogP contribution in [0.1, 0.15) is 37.1 Å². The van der Waals surface area contributed by atoms with Crippen LogP contribution in [-0.4, -0.2) is 18.5 Å². The standard InChI is InChI=1S/C14H18N2O/c1-8-7-16(3)9(2)13-11-6-10(15)4-5-12(11)17-14(8)13/h4-6,8-9H,7,15H2,1-3H3/t8-,9+/m1/s1. The van der Waals surface area contributed by atoms with Crippen molar-refractivity contribution in [2.45, 2.75) is 25.8 Å². The molecule has 1 aromatic heterocycles. The van der Waals surface area contributed by atoms with Gasteiger partial charge in [-0.1, -0.05) is 6.92 Å². The Morgan fingerprint density at radius 2 is 2.12 bits per heavy atom. The number of hydrogen-bond donors (Lipinski definition) is 1. The summed E-state index contributed by atoms with van der Waals surface area (Å²) in [5, 5.41) is 1.17. The van der Waals surface area contributed by atoms with Gasteiger partial charge >= 0.3 is 0 Å². The molecule has 0 unspecified atom stereocenters. The van der Waals surface area contributed by atoms with Crippen LogP contribution in [-0.2, 0) is 0 Å². The predicted molar refractivity (Wildman–Crippen MR) is 70.1 cm³/mol. The molecule has 0 radical (unpaired) electrons. The van der Waals surface area contributed by atoms with Crippen LogP contribution >= 0.6 is 0 Å². The maximum atomic E-state index is 5.99. The first-order chi connectivity index (χ1) is 8.08. The molecule has 3 nitrogen and oxygen atoms in total. The summed E-state index contributed by atoms with van der Waals surface area (Å²) in [5.74, 6) is 1.58. The van der Waals surface area contributed by atoms with Gasteiger partial charge in [-0.25, -0.2) is 0 Å². The van der Waals surface area contributed by atoms with E-state index in [-0.39, 0.29) is 0 Å². The summed E-state index contributed by atoms with van der Waals surface area (Å²) < 4.78 is 5.99. The Bertz CT molecular complexity index is 573. The van der Waals surface area contributed by atoms with Crippen molar-refractivity contribution >= 4 is 16.7 Å². The third-order valence-corrected chi connectivity index (χ3v) is 3.87. The lowest BCUT2D eigenvalue weighted by atomic mass is 9.92. The first-order valence-electron chi connectivity index (χ1n) is 6.10. The molecule has 0 aliphatic carbocycles. The fraction of sp³-hybridized carbons (Fsp3) is 0.429. The summed E-state index contributed by atoms with van der Waals surface area (Å²) in [6.45, 7) is 5.49. The van der Waals surface area contributed by atoms with Crippen LogP contribution < -0.4 is 5.73 Å². The first-order valence-corrected chi connectivity index (χ1v) is 6.10.